The molecule has 0 amide bonds. The average Bonchev–Trinajstić information content (AvgIpc) is 2.32. The van der Waals surface area contributed by atoms with Crippen LogP contribution in [0.1, 0.15) is 33.6 Å². The van der Waals surface area contributed by atoms with Gasteiger partial charge in [0, 0.05) is 13.2 Å². The van der Waals surface area contributed by atoms with Crippen LogP contribution in [0.15, 0.2) is 0 Å². The second-order valence-corrected chi connectivity index (χ2v) is 3.56. The summed E-state index contributed by atoms with van der Waals surface area (Å²) in [6.07, 6.45) is -1.15. The molecule has 0 spiro atoms. The van der Waals surface area contributed by atoms with E-state index in [1.165, 1.54) is 0 Å². The van der Waals surface area contributed by atoms with Crippen LogP contribution in [0.4, 0.5) is 0 Å². The second-order valence-electron chi connectivity index (χ2n) is 3.56. The minimum absolute atomic E-state index is 0.215. The second kappa shape index (κ2) is 9.85. The molecule has 0 heterocycles. The average molecular weight is 262 g/mol. The Bertz CT molecular complexity index is 253. The molecule has 0 aromatic heterocycles. The fourth-order valence-electron chi connectivity index (χ4n) is 1.49. The summed E-state index contributed by atoms with van der Waals surface area (Å²) >= 11 is 0. The highest BCUT2D eigenvalue weighted by Crippen LogP contribution is 2.10. The van der Waals surface area contributed by atoms with Crippen molar-refractivity contribution >= 4 is 11.9 Å². The highest BCUT2D eigenvalue weighted by molar-refractivity contribution is 5.75. The highest BCUT2D eigenvalue weighted by Gasteiger charge is 2.24. The van der Waals surface area contributed by atoms with Crippen molar-refractivity contribution in [3.63, 3.8) is 0 Å². The summed E-state index contributed by atoms with van der Waals surface area (Å²) in [5, 5.41) is 8.91. The van der Waals surface area contributed by atoms with Crippen molar-refractivity contribution in [2.45, 2.75) is 45.8 Å². The molecule has 0 aliphatic carbocycles. The monoisotopic (exact) mass is 262 g/mol. The minimum atomic E-state index is -1.03. The van der Waals surface area contributed by atoms with E-state index in [1.807, 2.05) is 0 Å². The lowest BCUT2D eigenvalue weighted by Crippen LogP contribution is -2.31. The van der Waals surface area contributed by atoms with Crippen LogP contribution in [-0.2, 0) is 23.8 Å². The first-order valence-electron chi connectivity index (χ1n) is 6.19. The Balaban J connectivity index is 4.30. The van der Waals surface area contributed by atoms with E-state index in [2.05, 4.69) is 0 Å². The van der Waals surface area contributed by atoms with E-state index in [1.54, 1.807) is 20.8 Å². The van der Waals surface area contributed by atoms with E-state index in [9.17, 15) is 9.59 Å². The third-order valence-electron chi connectivity index (χ3n) is 2.25. The Labute approximate surface area is 107 Å². The summed E-state index contributed by atoms with van der Waals surface area (Å²) in [6, 6.07) is 0. The fraction of sp³-hybridized carbons (Fsp3) is 0.833. The maximum atomic E-state index is 11.5. The van der Waals surface area contributed by atoms with E-state index in [-0.39, 0.29) is 19.4 Å². The van der Waals surface area contributed by atoms with Crippen LogP contribution in [0.2, 0.25) is 0 Å². The molecule has 0 radical (unpaired) electrons. The molecule has 0 aliphatic heterocycles. The molecule has 0 saturated carbocycles. The zero-order valence-electron chi connectivity index (χ0n) is 11.2. The maximum Gasteiger partial charge on any atom is 0.335 e. The number of ether oxygens (including phenoxy) is 3. The standard InChI is InChI=1S/C12H22O6/c1-4-16-9(11(13)14)7-8-10(17-5-2)12(15)18-6-3/h9-10H,4-8H2,1-3H3,(H,13,14). The fourth-order valence-corrected chi connectivity index (χ4v) is 1.49. The number of carboxylic acid groups (broad SMARTS) is 1. The summed E-state index contributed by atoms with van der Waals surface area (Å²) in [7, 11) is 0. The lowest BCUT2D eigenvalue weighted by Gasteiger charge is -2.18. The van der Waals surface area contributed by atoms with E-state index in [4.69, 9.17) is 19.3 Å². The van der Waals surface area contributed by atoms with Crippen molar-refractivity contribution < 1.29 is 28.9 Å². The predicted molar refractivity (Wildman–Crippen MR) is 64.3 cm³/mol. The van der Waals surface area contributed by atoms with Crippen molar-refractivity contribution in [1.29, 1.82) is 0 Å². The number of carboxylic acids is 1. The van der Waals surface area contributed by atoms with Crippen LogP contribution < -0.4 is 0 Å². The van der Waals surface area contributed by atoms with Crippen LogP contribution in [-0.4, -0.2) is 49.1 Å². The lowest BCUT2D eigenvalue weighted by atomic mass is 10.1. The molecule has 0 aromatic carbocycles. The van der Waals surface area contributed by atoms with Gasteiger partial charge in [-0.25, -0.2) is 9.59 Å². The normalized spacial score (nSPS) is 13.9. The molecule has 1 N–H and O–H groups in total. The first-order valence-corrected chi connectivity index (χ1v) is 6.19. The van der Waals surface area contributed by atoms with E-state index < -0.39 is 24.1 Å². The summed E-state index contributed by atoms with van der Waals surface area (Å²) in [6.45, 7) is 6.16. The van der Waals surface area contributed by atoms with Crippen molar-refractivity contribution in [3.8, 4) is 0 Å². The van der Waals surface area contributed by atoms with E-state index >= 15 is 0 Å². The predicted octanol–water partition coefficient (Wildman–Crippen LogP) is 1.22. The molecular formula is C12H22O6. The van der Waals surface area contributed by atoms with Gasteiger partial charge in [-0.05, 0) is 33.6 Å². The molecule has 106 valence electrons. The van der Waals surface area contributed by atoms with Crippen LogP contribution in [0.5, 0.6) is 0 Å². The van der Waals surface area contributed by atoms with Gasteiger partial charge in [0.25, 0.3) is 0 Å². The minimum Gasteiger partial charge on any atom is -0.479 e. The molecule has 18 heavy (non-hydrogen) atoms. The Hall–Kier alpha value is -1.14. The number of hydrogen-bond donors (Lipinski definition) is 1. The Kier molecular flexibility index (Phi) is 9.22. The largest absolute Gasteiger partial charge is 0.479 e. The molecule has 0 fully saturated rings. The Morgan fingerprint density at radius 1 is 0.944 bits per heavy atom. The number of carbonyl (C=O) groups excluding carboxylic acids is 1. The molecular weight excluding hydrogens is 240 g/mol. The third-order valence-corrected chi connectivity index (χ3v) is 2.25. The third kappa shape index (κ3) is 6.56. The van der Waals surface area contributed by atoms with Crippen molar-refractivity contribution in [2.24, 2.45) is 0 Å². The lowest BCUT2D eigenvalue weighted by molar-refractivity contribution is -0.159. The molecule has 6 nitrogen and oxygen atoms in total. The van der Waals surface area contributed by atoms with E-state index in [0.29, 0.717) is 13.2 Å². The quantitative estimate of drug-likeness (QED) is 0.596. The van der Waals surface area contributed by atoms with Crippen LogP contribution in [0.25, 0.3) is 0 Å². The summed E-state index contributed by atoms with van der Waals surface area (Å²) < 4.78 is 15.2. The van der Waals surface area contributed by atoms with Crippen LogP contribution in [0, 0.1) is 0 Å². The Morgan fingerprint density at radius 3 is 1.89 bits per heavy atom. The molecule has 0 aromatic rings. The van der Waals surface area contributed by atoms with Gasteiger partial charge in [-0.2, -0.15) is 0 Å². The van der Waals surface area contributed by atoms with Gasteiger partial charge in [0.1, 0.15) is 0 Å². The van der Waals surface area contributed by atoms with Gasteiger partial charge in [0.2, 0.25) is 0 Å². The van der Waals surface area contributed by atoms with Crippen molar-refractivity contribution in [2.75, 3.05) is 19.8 Å². The first-order chi connectivity index (χ1) is 8.56. The Morgan fingerprint density at radius 2 is 1.44 bits per heavy atom. The van der Waals surface area contributed by atoms with Crippen LogP contribution in [0.3, 0.4) is 0 Å². The molecule has 0 aliphatic rings. The SMILES string of the molecule is CCOC(=O)C(CCC(OCC)C(=O)O)OCC. The molecule has 0 bridgehead atoms. The van der Waals surface area contributed by atoms with Gasteiger partial charge in [-0.15, -0.1) is 0 Å². The van der Waals surface area contributed by atoms with Crippen molar-refractivity contribution in [1.82, 2.24) is 0 Å². The smallest absolute Gasteiger partial charge is 0.335 e. The zero-order chi connectivity index (χ0) is 14.0. The topological polar surface area (TPSA) is 82.1 Å². The molecule has 2 unspecified atom stereocenters. The number of carbonyl (C=O) groups is 2. The van der Waals surface area contributed by atoms with Gasteiger partial charge in [-0.3, -0.25) is 0 Å². The maximum absolute atomic E-state index is 11.5. The summed E-state index contributed by atoms with van der Waals surface area (Å²) in [5.41, 5.74) is 0. The molecule has 0 rings (SSSR count). The summed E-state index contributed by atoms with van der Waals surface area (Å²) in [5.74, 6) is -1.49. The zero-order valence-corrected chi connectivity index (χ0v) is 11.2. The van der Waals surface area contributed by atoms with Crippen LogP contribution >= 0.6 is 0 Å². The first kappa shape index (κ1) is 16.9. The number of hydrogen-bond acceptors (Lipinski definition) is 5. The number of esters is 1. The molecule has 2 atom stereocenters. The van der Waals surface area contributed by atoms with E-state index in [0.717, 1.165) is 0 Å². The van der Waals surface area contributed by atoms with Gasteiger partial charge >= 0.3 is 11.9 Å². The van der Waals surface area contributed by atoms with Gasteiger partial charge in [0.05, 0.1) is 6.61 Å². The van der Waals surface area contributed by atoms with Gasteiger partial charge in [0.15, 0.2) is 12.2 Å². The van der Waals surface area contributed by atoms with Gasteiger partial charge < -0.3 is 19.3 Å². The van der Waals surface area contributed by atoms with Gasteiger partial charge in [-0.1, -0.05) is 0 Å². The number of rotatable bonds is 10. The van der Waals surface area contributed by atoms with Crippen molar-refractivity contribution in [3.05, 3.63) is 0 Å². The summed E-state index contributed by atoms with van der Waals surface area (Å²) in [4.78, 5) is 22.4. The molecule has 6 heteroatoms. The molecule has 0 saturated heterocycles. The number of aliphatic carboxylic acids is 1. The highest BCUT2D eigenvalue weighted by atomic mass is 16.6.